The first-order chi connectivity index (χ1) is 12.8. The van der Waals surface area contributed by atoms with Crippen molar-refractivity contribution in [3.63, 3.8) is 0 Å². The van der Waals surface area contributed by atoms with Gasteiger partial charge in [-0.05, 0) is 48.6 Å². The molecule has 5 nitrogen and oxygen atoms in total. The maximum Gasteiger partial charge on any atom is 0.245 e. The Bertz CT molecular complexity index is 1100. The van der Waals surface area contributed by atoms with Crippen molar-refractivity contribution in [2.75, 3.05) is 22.4 Å². The highest BCUT2D eigenvalue weighted by molar-refractivity contribution is 7.92. The molecule has 0 saturated heterocycles. The molecule has 3 rings (SSSR count). The van der Waals surface area contributed by atoms with Crippen molar-refractivity contribution in [1.29, 1.82) is 0 Å². The second-order valence-electron chi connectivity index (χ2n) is 6.61. The van der Waals surface area contributed by atoms with E-state index in [4.69, 9.17) is 0 Å². The number of aryl methyl sites for hydroxylation is 2. The van der Waals surface area contributed by atoms with Gasteiger partial charge in [0.25, 0.3) is 0 Å². The van der Waals surface area contributed by atoms with Gasteiger partial charge in [-0.2, -0.15) is 0 Å². The summed E-state index contributed by atoms with van der Waals surface area (Å²) in [4.78, 5) is 12.6. The quantitative estimate of drug-likeness (QED) is 0.729. The number of anilines is 2. The summed E-state index contributed by atoms with van der Waals surface area (Å²) >= 11 is 0. The molecule has 0 unspecified atom stereocenters. The Balaban J connectivity index is 1.88. The van der Waals surface area contributed by atoms with Crippen LogP contribution < -0.4 is 9.62 Å². The number of fused-ring (bicyclic) bond motifs is 1. The summed E-state index contributed by atoms with van der Waals surface area (Å²) in [5.41, 5.74) is 3.17. The van der Waals surface area contributed by atoms with Crippen LogP contribution in [0.1, 0.15) is 11.1 Å². The minimum Gasteiger partial charge on any atom is -0.324 e. The fourth-order valence-electron chi connectivity index (χ4n) is 2.94. The van der Waals surface area contributed by atoms with Crippen molar-refractivity contribution >= 4 is 38.1 Å². The summed E-state index contributed by atoms with van der Waals surface area (Å²) in [5.74, 6) is -0.394. The van der Waals surface area contributed by atoms with Crippen LogP contribution in [-0.4, -0.2) is 27.1 Å². The van der Waals surface area contributed by atoms with Crippen LogP contribution in [0.2, 0.25) is 0 Å². The molecule has 0 aromatic heterocycles. The monoisotopic (exact) mass is 382 g/mol. The molecular formula is C21H22N2O3S. The van der Waals surface area contributed by atoms with Crippen LogP contribution in [0.3, 0.4) is 0 Å². The first kappa shape index (κ1) is 18.9. The van der Waals surface area contributed by atoms with E-state index < -0.39 is 15.9 Å². The maximum absolute atomic E-state index is 12.6. The van der Waals surface area contributed by atoms with Gasteiger partial charge in [-0.3, -0.25) is 9.10 Å². The van der Waals surface area contributed by atoms with Gasteiger partial charge in [0.15, 0.2) is 0 Å². The van der Waals surface area contributed by atoms with Crippen molar-refractivity contribution in [2.45, 2.75) is 13.8 Å². The lowest BCUT2D eigenvalue weighted by Crippen LogP contribution is -2.37. The number of benzene rings is 3. The van der Waals surface area contributed by atoms with E-state index in [0.29, 0.717) is 11.4 Å². The van der Waals surface area contributed by atoms with Crippen molar-refractivity contribution in [3.8, 4) is 0 Å². The zero-order valence-electron chi connectivity index (χ0n) is 15.6. The second-order valence-corrected chi connectivity index (χ2v) is 8.52. The Labute approximate surface area is 159 Å². The predicted molar refractivity (Wildman–Crippen MR) is 111 cm³/mol. The van der Waals surface area contributed by atoms with Gasteiger partial charge in [0.05, 0.1) is 11.9 Å². The van der Waals surface area contributed by atoms with Gasteiger partial charge in [-0.1, -0.05) is 42.5 Å². The van der Waals surface area contributed by atoms with Gasteiger partial charge in [-0.15, -0.1) is 0 Å². The number of hydrogen-bond acceptors (Lipinski definition) is 3. The molecule has 0 aliphatic carbocycles. The fourth-order valence-corrected chi connectivity index (χ4v) is 3.78. The molecule has 0 bridgehead atoms. The predicted octanol–water partition coefficient (Wildman–Crippen LogP) is 3.86. The van der Waals surface area contributed by atoms with E-state index in [-0.39, 0.29) is 6.54 Å². The lowest BCUT2D eigenvalue weighted by Gasteiger charge is -2.23. The molecule has 140 valence electrons. The first-order valence-electron chi connectivity index (χ1n) is 8.58. The van der Waals surface area contributed by atoms with Crippen LogP contribution in [0.15, 0.2) is 60.7 Å². The van der Waals surface area contributed by atoms with E-state index in [0.717, 1.165) is 32.5 Å². The Kier molecular flexibility index (Phi) is 5.19. The number of hydrogen-bond donors (Lipinski definition) is 1. The van der Waals surface area contributed by atoms with Crippen LogP contribution in [0, 0.1) is 13.8 Å². The largest absolute Gasteiger partial charge is 0.324 e. The van der Waals surface area contributed by atoms with Crippen LogP contribution in [0.4, 0.5) is 11.4 Å². The van der Waals surface area contributed by atoms with Gasteiger partial charge in [0, 0.05) is 11.1 Å². The highest BCUT2D eigenvalue weighted by atomic mass is 32.2. The highest BCUT2D eigenvalue weighted by Gasteiger charge is 2.21. The Morgan fingerprint density at radius 3 is 2.37 bits per heavy atom. The molecular weight excluding hydrogens is 360 g/mol. The van der Waals surface area contributed by atoms with Crippen LogP contribution in [0.5, 0.6) is 0 Å². The summed E-state index contributed by atoms with van der Waals surface area (Å²) in [6.45, 7) is 3.58. The average Bonchev–Trinajstić information content (AvgIpc) is 2.61. The smallest absolute Gasteiger partial charge is 0.245 e. The first-order valence-corrected chi connectivity index (χ1v) is 10.4. The molecule has 0 spiro atoms. The molecule has 0 saturated carbocycles. The third-order valence-electron chi connectivity index (χ3n) is 4.53. The fraction of sp³-hybridized carbons (Fsp3) is 0.190. The van der Waals surface area contributed by atoms with Gasteiger partial charge in [0.1, 0.15) is 6.54 Å². The molecule has 1 N–H and O–H groups in total. The normalized spacial score (nSPS) is 11.4. The molecule has 27 heavy (non-hydrogen) atoms. The minimum atomic E-state index is -3.60. The van der Waals surface area contributed by atoms with Crippen LogP contribution in [-0.2, 0) is 14.8 Å². The Morgan fingerprint density at radius 2 is 1.67 bits per heavy atom. The van der Waals surface area contributed by atoms with E-state index in [1.165, 1.54) is 0 Å². The highest BCUT2D eigenvalue weighted by Crippen LogP contribution is 2.24. The van der Waals surface area contributed by atoms with E-state index in [1.807, 2.05) is 56.3 Å². The SMILES string of the molecule is Cc1ccc(N(CC(=O)Nc2cccc3ccccc23)S(C)(=O)=O)cc1C. The minimum absolute atomic E-state index is 0.287. The standard InChI is InChI=1S/C21H22N2O3S/c1-15-11-12-18(13-16(15)2)23(27(3,25)26)14-21(24)22-20-10-6-8-17-7-4-5-9-19(17)20/h4-13H,14H2,1-3H3,(H,22,24). The van der Waals surface area contributed by atoms with Crippen LogP contribution >= 0.6 is 0 Å². The van der Waals surface area contributed by atoms with Crippen molar-refractivity contribution in [1.82, 2.24) is 0 Å². The number of carbonyl (C=O) groups is 1. The maximum atomic E-state index is 12.6. The third-order valence-corrected chi connectivity index (χ3v) is 5.67. The summed E-state index contributed by atoms with van der Waals surface area (Å²) < 4.78 is 25.7. The third kappa shape index (κ3) is 4.28. The lowest BCUT2D eigenvalue weighted by molar-refractivity contribution is -0.114. The summed E-state index contributed by atoms with van der Waals surface area (Å²) in [6, 6.07) is 18.7. The van der Waals surface area contributed by atoms with E-state index in [9.17, 15) is 13.2 Å². The van der Waals surface area contributed by atoms with Crippen LogP contribution in [0.25, 0.3) is 10.8 Å². The van der Waals surface area contributed by atoms with Crippen molar-refractivity contribution in [2.24, 2.45) is 0 Å². The van der Waals surface area contributed by atoms with Crippen molar-refractivity contribution in [3.05, 3.63) is 71.8 Å². The van der Waals surface area contributed by atoms with Crippen molar-refractivity contribution < 1.29 is 13.2 Å². The van der Waals surface area contributed by atoms with Gasteiger partial charge >= 0.3 is 0 Å². The number of nitrogens with one attached hydrogen (secondary N) is 1. The van der Waals surface area contributed by atoms with Gasteiger partial charge in [0.2, 0.25) is 15.9 Å². The van der Waals surface area contributed by atoms with E-state index >= 15 is 0 Å². The summed E-state index contributed by atoms with van der Waals surface area (Å²) in [7, 11) is -3.60. The van der Waals surface area contributed by atoms with Gasteiger partial charge < -0.3 is 5.32 Å². The second kappa shape index (κ2) is 7.40. The molecule has 3 aromatic carbocycles. The molecule has 0 heterocycles. The van der Waals surface area contributed by atoms with E-state index in [1.54, 1.807) is 18.2 Å². The molecule has 0 aliphatic rings. The molecule has 0 fully saturated rings. The number of sulfonamides is 1. The summed E-state index contributed by atoms with van der Waals surface area (Å²) in [6.07, 6.45) is 1.10. The molecule has 0 aliphatic heterocycles. The summed E-state index contributed by atoms with van der Waals surface area (Å²) in [5, 5.41) is 4.75. The molecule has 6 heteroatoms. The molecule has 0 atom stereocenters. The number of carbonyl (C=O) groups excluding carboxylic acids is 1. The topological polar surface area (TPSA) is 66.5 Å². The molecule has 1 amide bonds. The van der Waals surface area contributed by atoms with Gasteiger partial charge in [-0.25, -0.2) is 8.42 Å². The average molecular weight is 382 g/mol. The molecule has 0 radical (unpaired) electrons. The Hall–Kier alpha value is -2.86. The zero-order valence-corrected chi connectivity index (χ0v) is 16.4. The zero-order chi connectivity index (χ0) is 19.6. The van der Waals surface area contributed by atoms with E-state index in [2.05, 4.69) is 5.32 Å². The Morgan fingerprint density at radius 1 is 0.963 bits per heavy atom. The number of amides is 1. The number of rotatable bonds is 5. The molecule has 3 aromatic rings. The lowest BCUT2D eigenvalue weighted by atomic mass is 10.1. The number of nitrogens with zero attached hydrogens (tertiary/aromatic N) is 1.